The second-order valence-electron chi connectivity index (χ2n) is 9.58. The lowest BCUT2D eigenvalue weighted by Crippen LogP contribution is -2.28. The fourth-order valence-electron chi connectivity index (χ4n) is 4.02. The van der Waals surface area contributed by atoms with Crippen LogP contribution in [0.3, 0.4) is 0 Å². The monoisotopic (exact) mass is 360 g/mol. The summed E-state index contributed by atoms with van der Waals surface area (Å²) in [6.07, 6.45) is 11.4. The molecule has 0 saturated carbocycles. The Kier molecular flexibility index (Phi) is 7.08. The van der Waals surface area contributed by atoms with E-state index in [1.54, 1.807) is 12.2 Å². The van der Waals surface area contributed by atoms with Crippen LogP contribution in [0.4, 0.5) is 0 Å². The lowest BCUT2D eigenvalue weighted by molar-refractivity contribution is -0.118. The highest BCUT2D eigenvalue weighted by molar-refractivity contribution is 5.92. The molecule has 2 N–H and O–H groups in total. The molecule has 0 atom stereocenters. The average Bonchev–Trinajstić information content (AvgIpc) is 2.45. The van der Waals surface area contributed by atoms with Crippen LogP contribution in [0.2, 0.25) is 0 Å². The molecule has 4 heteroatoms. The minimum absolute atomic E-state index is 0.0869. The molecule has 0 heterocycles. The second-order valence-corrected chi connectivity index (χ2v) is 9.58. The van der Waals surface area contributed by atoms with Crippen LogP contribution in [0.5, 0.6) is 0 Å². The first-order valence-corrected chi connectivity index (χ1v) is 10.1. The summed E-state index contributed by atoms with van der Waals surface area (Å²) in [6.45, 7) is 10.5. The van der Waals surface area contributed by atoms with Gasteiger partial charge in [-0.25, -0.2) is 0 Å². The third-order valence-electron chi connectivity index (χ3n) is 5.12. The summed E-state index contributed by atoms with van der Waals surface area (Å²) in [5.41, 5.74) is 2.38. The Morgan fingerprint density at radius 1 is 0.692 bits per heavy atom. The molecule has 146 valence electrons. The van der Waals surface area contributed by atoms with Gasteiger partial charge < -0.3 is 10.6 Å². The maximum atomic E-state index is 11.7. The van der Waals surface area contributed by atoms with E-state index in [0.717, 1.165) is 50.2 Å². The molecule has 0 aliphatic heterocycles. The number of carbonyl (C=O) groups is 2. The van der Waals surface area contributed by atoms with Gasteiger partial charge >= 0.3 is 0 Å². The molecule has 2 rings (SSSR count). The van der Waals surface area contributed by atoms with E-state index >= 15 is 0 Å². The third-order valence-corrected chi connectivity index (χ3v) is 5.12. The Hall–Kier alpha value is -1.58. The molecule has 2 aliphatic carbocycles. The van der Waals surface area contributed by atoms with E-state index in [1.165, 1.54) is 12.8 Å². The van der Waals surface area contributed by atoms with Crippen LogP contribution >= 0.6 is 0 Å². The molecule has 0 spiro atoms. The predicted molar refractivity (Wildman–Crippen MR) is 107 cm³/mol. The van der Waals surface area contributed by atoms with Gasteiger partial charge in [0.2, 0.25) is 0 Å². The molecular weight excluding hydrogens is 324 g/mol. The van der Waals surface area contributed by atoms with Crippen molar-refractivity contribution >= 4 is 11.6 Å². The van der Waals surface area contributed by atoms with Gasteiger partial charge in [-0.1, -0.05) is 40.5 Å². The van der Waals surface area contributed by atoms with E-state index in [4.69, 9.17) is 0 Å². The van der Waals surface area contributed by atoms with Gasteiger partial charge in [-0.3, -0.25) is 9.59 Å². The zero-order chi connectivity index (χ0) is 19.2. The molecule has 0 aromatic heterocycles. The summed E-state index contributed by atoms with van der Waals surface area (Å²) in [4.78, 5) is 23.5. The van der Waals surface area contributed by atoms with Gasteiger partial charge in [0.15, 0.2) is 11.6 Å². The highest BCUT2D eigenvalue weighted by Crippen LogP contribution is 2.33. The number of rotatable bonds is 9. The Balaban J connectivity index is 1.54. The molecule has 26 heavy (non-hydrogen) atoms. The molecule has 0 aromatic rings. The summed E-state index contributed by atoms with van der Waals surface area (Å²) in [7, 11) is 0. The topological polar surface area (TPSA) is 58.2 Å². The Morgan fingerprint density at radius 3 is 1.42 bits per heavy atom. The molecule has 4 nitrogen and oxygen atoms in total. The first kappa shape index (κ1) is 20.7. The zero-order valence-electron chi connectivity index (χ0n) is 17.0. The number of carbonyl (C=O) groups excluding carboxylic acids is 2. The number of ketones is 2. The van der Waals surface area contributed by atoms with Gasteiger partial charge in [-0.15, -0.1) is 0 Å². The zero-order valence-corrected chi connectivity index (χ0v) is 17.0. The quantitative estimate of drug-likeness (QED) is 0.603. The van der Waals surface area contributed by atoms with E-state index in [-0.39, 0.29) is 22.4 Å². The van der Waals surface area contributed by atoms with Crippen molar-refractivity contribution in [1.82, 2.24) is 10.6 Å². The molecule has 0 aromatic carbocycles. The first-order valence-electron chi connectivity index (χ1n) is 10.1. The summed E-state index contributed by atoms with van der Waals surface area (Å²) in [5, 5.41) is 6.88. The normalized spacial score (nSPS) is 21.8. The summed E-state index contributed by atoms with van der Waals surface area (Å²) < 4.78 is 0. The summed E-state index contributed by atoms with van der Waals surface area (Å²) in [6, 6.07) is 0. The maximum Gasteiger partial charge on any atom is 0.157 e. The van der Waals surface area contributed by atoms with Crippen LogP contribution in [-0.2, 0) is 9.59 Å². The van der Waals surface area contributed by atoms with Crippen molar-refractivity contribution in [3.8, 4) is 0 Å². The molecule has 0 radical (unpaired) electrons. The Bertz CT molecular complexity index is 533. The summed E-state index contributed by atoms with van der Waals surface area (Å²) in [5.74, 6) is 0.488. The van der Waals surface area contributed by atoms with Crippen molar-refractivity contribution in [2.24, 2.45) is 10.8 Å². The van der Waals surface area contributed by atoms with E-state index in [2.05, 4.69) is 38.3 Å². The van der Waals surface area contributed by atoms with Crippen molar-refractivity contribution in [3.63, 3.8) is 0 Å². The lowest BCUT2D eigenvalue weighted by Gasteiger charge is -2.29. The number of nitrogens with one attached hydrogen (secondary N) is 2. The molecule has 0 fully saturated rings. The minimum atomic E-state index is 0.0869. The second kappa shape index (κ2) is 8.88. The molecular formula is C22H36N2O2. The number of unbranched alkanes of at least 4 members (excludes halogenated alkanes) is 3. The first-order chi connectivity index (χ1) is 12.2. The number of hydrogen-bond acceptors (Lipinski definition) is 4. The van der Waals surface area contributed by atoms with Crippen LogP contribution < -0.4 is 10.6 Å². The van der Waals surface area contributed by atoms with Crippen molar-refractivity contribution in [3.05, 3.63) is 23.5 Å². The SMILES string of the molecule is CC1(C)CC(=O)C=C(NCCCCCCNC2=CC(=O)CC(C)(C)C2)C1. The Morgan fingerprint density at radius 2 is 1.08 bits per heavy atom. The fourth-order valence-corrected chi connectivity index (χ4v) is 4.02. The van der Waals surface area contributed by atoms with Gasteiger partial charge in [-0.2, -0.15) is 0 Å². The van der Waals surface area contributed by atoms with E-state index in [9.17, 15) is 9.59 Å². The third kappa shape index (κ3) is 7.35. The smallest absolute Gasteiger partial charge is 0.157 e. The predicted octanol–water partition coefficient (Wildman–Crippen LogP) is 4.27. The summed E-state index contributed by atoms with van der Waals surface area (Å²) >= 11 is 0. The molecule has 0 saturated heterocycles. The highest BCUT2D eigenvalue weighted by Gasteiger charge is 2.28. The lowest BCUT2D eigenvalue weighted by atomic mass is 9.79. The standard InChI is InChI=1S/C22H36N2O2/c1-21(2)13-17(11-19(25)15-21)23-9-7-5-6-8-10-24-18-12-20(26)16-22(3,4)14-18/h11-12,23-24H,5-10,13-16H2,1-4H3. The molecule has 2 aliphatic rings. The Labute approximate surface area is 158 Å². The van der Waals surface area contributed by atoms with Crippen molar-refractivity contribution in [2.45, 2.75) is 79.1 Å². The average molecular weight is 361 g/mol. The number of hydrogen-bond donors (Lipinski definition) is 2. The molecule has 0 unspecified atom stereocenters. The van der Waals surface area contributed by atoms with Gasteiger partial charge in [0.05, 0.1) is 0 Å². The van der Waals surface area contributed by atoms with Crippen LogP contribution in [-0.4, -0.2) is 24.7 Å². The van der Waals surface area contributed by atoms with Crippen molar-refractivity contribution in [2.75, 3.05) is 13.1 Å². The van der Waals surface area contributed by atoms with Crippen molar-refractivity contribution < 1.29 is 9.59 Å². The van der Waals surface area contributed by atoms with E-state index in [0.29, 0.717) is 12.8 Å². The van der Waals surface area contributed by atoms with Gasteiger partial charge in [-0.05, 0) is 36.5 Å². The van der Waals surface area contributed by atoms with Gasteiger partial charge in [0.1, 0.15) is 0 Å². The maximum absolute atomic E-state index is 11.7. The highest BCUT2D eigenvalue weighted by atomic mass is 16.1. The van der Waals surface area contributed by atoms with Gasteiger partial charge in [0.25, 0.3) is 0 Å². The number of allylic oxidation sites excluding steroid dienone is 4. The molecule has 0 bridgehead atoms. The van der Waals surface area contributed by atoms with Gasteiger partial charge in [0, 0.05) is 49.5 Å². The van der Waals surface area contributed by atoms with E-state index in [1.807, 2.05) is 0 Å². The van der Waals surface area contributed by atoms with Crippen LogP contribution in [0.15, 0.2) is 23.5 Å². The minimum Gasteiger partial charge on any atom is -0.388 e. The van der Waals surface area contributed by atoms with Crippen LogP contribution in [0, 0.1) is 10.8 Å². The van der Waals surface area contributed by atoms with Crippen LogP contribution in [0.25, 0.3) is 0 Å². The molecule has 0 amide bonds. The van der Waals surface area contributed by atoms with E-state index < -0.39 is 0 Å². The van der Waals surface area contributed by atoms with Crippen molar-refractivity contribution in [1.29, 1.82) is 0 Å². The fraction of sp³-hybridized carbons (Fsp3) is 0.727. The largest absolute Gasteiger partial charge is 0.388 e. The van der Waals surface area contributed by atoms with Crippen LogP contribution in [0.1, 0.15) is 79.1 Å².